The van der Waals surface area contributed by atoms with Crippen LogP contribution >= 0.6 is 0 Å². The first-order valence-electron chi connectivity index (χ1n) is 10.5. The Morgan fingerprint density at radius 2 is 1.77 bits per heavy atom. The van der Waals surface area contributed by atoms with Crippen molar-refractivity contribution in [1.29, 1.82) is 0 Å². The molecule has 2 heterocycles. The fraction of sp³-hybridized carbons (Fsp3) is 0.348. The van der Waals surface area contributed by atoms with Gasteiger partial charge in [0, 0.05) is 31.7 Å². The lowest BCUT2D eigenvalue weighted by Gasteiger charge is -2.25. The van der Waals surface area contributed by atoms with Gasteiger partial charge in [-0.25, -0.2) is 9.59 Å². The van der Waals surface area contributed by atoms with Crippen LogP contribution in [0.4, 0.5) is 15.3 Å². The highest BCUT2D eigenvalue weighted by Crippen LogP contribution is 2.19. The maximum Gasteiger partial charge on any atom is 0.410 e. The van der Waals surface area contributed by atoms with E-state index in [-0.39, 0.29) is 24.1 Å². The maximum absolute atomic E-state index is 12.7. The van der Waals surface area contributed by atoms with Crippen LogP contribution in [-0.4, -0.2) is 54.1 Å². The van der Waals surface area contributed by atoms with Crippen LogP contribution in [-0.2, 0) is 16.1 Å². The van der Waals surface area contributed by atoms with E-state index in [0.717, 1.165) is 24.1 Å². The van der Waals surface area contributed by atoms with E-state index < -0.39 is 0 Å². The molecule has 8 heteroatoms. The lowest BCUT2D eigenvalue weighted by molar-refractivity contribution is -0.128. The molecule has 2 aliphatic rings. The number of carbonyl (C=O) groups is 3. The number of cyclic esters (lactones) is 1. The SMILES string of the molecule is O=C(Nc1ccc(CN2CCOC2=O)cc1)N[C@@H](CN1CCCC1=O)c1ccccc1. The van der Waals surface area contributed by atoms with Crippen LogP contribution in [0.2, 0.25) is 0 Å². The summed E-state index contributed by atoms with van der Waals surface area (Å²) in [7, 11) is 0. The van der Waals surface area contributed by atoms with Gasteiger partial charge < -0.3 is 25.2 Å². The number of anilines is 1. The number of likely N-dealkylation sites (tertiary alicyclic amines) is 1. The van der Waals surface area contributed by atoms with E-state index in [1.165, 1.54) is 0 Å². The second-order valence-electron chi connectivity index (χ2n) is 7.74. The molecule has 2 saturated heterocycles. The van der Waals surface area contributed by atoms with Crippen LogP contribution in [0.1, 0.15) is 30.0 Å². The summed E-state index contributed by atoms with van der Waals surface area (Å²) in [6.45, 7) is 2.65. The van der Waals surface area contributed by atoms with Gasteiger partial charge in [-0.1, -0.05) is 42.5 Å². The molecule has 4 amide bonds. The van der Waals surface area contributed by atoms with Crippen molar-refractivity contribution < 1.29 is 19.1 Å². The number of ether oxygens (including phenoxy) is 1. The number of hydrogen-bond donors (Lipinski definition) is 2. The molecule has 0 saturated carbocycles. The second-order valence-corrected chi connectivity index (χ2v) is 7.74. The van der Waals surface area contributed by atoms with Gasteiger partial charge in [-0.2, -0.15) is 0 Å². The van der Waals surface area contributed by atoms with Crippen LogP contribution in [0.25, 0.3) is 0 Å². The zero-order chi connectivity index (χ0) is 21.6. The number of amides is 4. The van der Waals surface area contributed by atoms with Crippen molar-refractivity contribution in [2.24, 2.45) is 0 Å². The Morgan fingerprint density at radius 3 is 2.42 bits per heavy atom. The van der Waals surface area contributed by atoms with E-state index in [4.69, 9.17) is 4.74 Å². The smallest absolute Gasteiger partial charge is 0.410 e. The molecule has 0 aromatic heterocycles. The Labute approximate surface area is 181 Å². The zero-order valence-corrected chi connectivity index (χ0v) is 17.3. The van der Waals surface area contributed by atoms with E-state index >= 15 is 0 Å². The predicted molar refractivity (Wildman–Crippen MR) is 115 cm³/mol. The Kier molecular flexibility index (Phi) is 6.35. The van der Waals surface area contributed by atoms with Crippen molar-refractivity contribution in [2.75, 3.05) is 31.6 Å². The summed E-state index contributed by atoms with van der Waals surface area (Å²) in [6.07, 6.45) is 1.12. The molecule has 0 bridgehead atoms. The predicted octanol–water partition coefficient (Wildman–Crippen LogP) is 3.12. The standard InChI is InChI=1S/C23H26N4O4/c28-21-7-4-12-26(21)16-20(18-5-2-1-3-6-18)25-22(29)24-19-10-8-17(9-11-19)15-27-13-14-31-23(27)30/h1-3,5-6,8-11,20H,4,7,12-16H2,(H2,24,25,29)/t20-/m0/s1. The number of carbonyl (C=O) groups excluding carboxylic acids is 3. The number of benzene rings is 2. The molecule has 2 N–H and O–H groups in total. The lowest BCUT2D eigenvalue weighted by atomic mass is 10.1. The summed E-state index contributed by atoms with van der Waals surface area (Å²) in [5.41, 5.74) is 2.55. The molecule has 2 fully saturated rings. The van der Waals surface area contributed by atoms with Crippen LogP contribution in [0.5, 0.6) is 0 Å². The van der Waals surface area contributed by atoms with E-state index in [0.29, 0.717) is 38.3 Å². The summed E-state index contributed by atoms with van der Waals surface area (Å²) < 4.78 is 4.94. The molecule has 31 heavy (non-hydrogen) atoms. The van der Waals surface area contributed by atoms with Gasteiger partial charge in [0.25, 0.3) is 0 Å². The van der Waals surface area contributed by atoms with Gasteiger partial charge in [0.2, 0.25) is 5.91 Å². The molecule has 2 aliphatic heterocycles. The summed E-state index contributed by atoms with van der Waals surface area (Å²) in [5.74, 6) is 0.126. The number of hydrogen-bond acceptors (Lipinski definition) is 4. The van der Waals surface area contributed by atoms with Crippen molar-refractivity contribution in [1.82, 2.24) is 15.1 Å². The molecule has 0 unspecified atom stereocenters. The molecular formula is C23H26N4O4. The van der Waals surface area contributed by atoms with Crippen molar-refractivity contribution in [3.8, 4) is 0 Å². The Balaban J connectivity index is 1.37. The first-order chi connectivity index (χ1) is 15.1. The lowest BCUT2D eigenvalue weighted by Crippen LogP contribution is -2.40. The van der Waals surface area contributed by atoms with Crippen molar-refractivity contribution >= 4 is 23.7 Å². The van der Waals surface area contributed by atoms with Crippen molar-refractivity contribution in [3.05, 3.63) is 65.7 Å². The van der Waals surface area contributed by atoms with Gasteiger partial charge in [-0.15, -0.1) is 0 Å². The second kappa shape index (κ2) is 9.51. The summed E-state index contributed by atoms with van der Waals surface area (Å²) >= 11 is 0. The molecule has 2 aromatic rings. The molecule has 4 rings (SSSR count). The fourth-order valence-corrected chi connectivity index (χ4v) is 3.85. The quantitative estimate of drug-likeness (QED) is 0.717. The maximum atomic E-state index is 12.7. The van der Waals surface area contributed by atoms with Gasteiger partial charge >= 0.3 is 12.1 Å². The summed E-state index contributed by atoms with van der Waals surface area (Å²) in [6, 6.07) is 16.4. The Hall–Kier alpha value is -3.55. The molecule has 2 aromatic carbocycles. The normalized spacial score (nSPS) is 16.9. The van der Waals surface area contributed by atoms with Gasteiger partial charge in [-0.3, -0.25) is 4.79 Å². The summed E-state index contributed by atoms with van der Waals surface area (Å²) in [5, 5.41) is 5.84. The Bertz CT molecular complexity index is 932. The minimum Gasteiger partial charge on any atom is -0.448 e. The van der Waals surface area contributed by atoms with Crippen molar-refractivity contribution in [2.45, 2.75) is 25.4 Å². The third-order valence-electron chi connectivity index (χ3n) is 5.51. The first-order valence-corrected chi connectivity index (χ1v) is 10.5. The van der Waals surface area contributed by atoms with Crippen LogP contribution in [0, 0.1) is 0 Å². The van der Waals surface area contributed by atoms with Gasteiger partial charge in [0.15, 0.2) is 0 Å². The van der Waals surface area contributed by atoms with E-state index in [2.05, 4.69) is 10.6 Å². The van der Waals surface area contributed by atoms with E-state index in [1.807, 2.05) is 42.5 Å². The molecule has 8 nitrogen and oxygen atoms in total. The minimum atomic E-state index is -0.337. The first kappa shape index (κ1) is 20.7. The fourth-order valence-electron chi connectivity index (χ4n) is 3.85. The van der Waals surface area contributed by atoms with Crippen LogP contribution < -0.4 is 10.6 Å². The average molecular weight is 422 g/mol. The third kappa shape index (κ3) is 5.33. The monoisotopic (exact) mass is 422 g/mol. The molecule has 1 atom stereocenters. The van der Waals surface area contributed by atoms with E-state index in [9.17, 15) is 14.4 Å². The molecular weight excluding hydrogens is 396 g/mol. The van der Waals surface area contributed by atoms with Gasteiger partial charge in [0.1, 0.15) is 6.61 Å². The van der Waals surface area contributed by atoms with Crippen LogP contribution in [0.3, 0.4) is 0 Å². The average Bonchev–Trinajstić information content (AvgIpc) is 3.37. The number of rotatable bonds is 7. The highest BCUT2D eigenvalue weighted by molar-refractivity contribution is 5.89. The topological polar surface area (TPSA) is 91.0 Å². The number of nitrogens with zero attached hydrogens (tertiary/aromatic N) is 2. The molecule has 0 spiro atoms. The third-order valence-corrected chi connectivity index (χ3v) is 5.51. The van der Waals surface area contributed by atoms with Gasteiger partial charge in [0.05, 0.1) is 12.6 Å². The number of urea groups is 1. The Morgan fingerprint density at radius 1 is 1.00 bits per heavy atom. The largest absolute Gasteiger partial charge is 0.448 e. The highest BCUT2D eigenvalue weighted by atomic mass is 16.6. The van der Waals surface area contributed by atoms with E-state index in [1.54, 1.807) is 21.9 Å². The van der Waals surface area contributed by atoms with Crippen molar-refractivity contribution in [3.63, 3.8) is 0 Å². The summed E-state index contributed by atoms with van der Waals surface area (Å²) in [4.78, 5) is 39.7. The molecule has 0 radical (unpaired) electrons. The minimum absolute atomic E-state index is 0.126. The van der Waals surface area contributed by atoms with Crippen LogP contribution in [0.15, 0.2) is 54.6 Å². The molecule has 162 valence electrons. The molecule has 0 aliphatic carbocycles. The number of nitrogens with one attached hydrogen (secondary N) is 2. The zero-order valence-electron chi connectivity index (χ0n) is 17.3. The van der Waals surface area contributed by atoms with Gasteiger partial charge in [-0.05, 0) is 29.7 Å². The highest BCUT2D eigenvalue weighted by Gasteiger charge is 2.25.